The van der Waals surface area contributed by atoms with Crippen molar-refractivity contribution < 1.29 is 18.3 Å². The number of rotatable bonds is 5. The van der Waals surface area contributed by atoms with E-state index in [0.717, 1.165) is 28.6 Å². The van der Waals surface area contributed by atoms with E-state index in [1.165, 1.54) is 12.1 Å². The Morgan fingerprint density at radius 3 is 2.75 bits per heavy atom. The van der Waals surface area contributed by atoms with Crippen LogP contribution in [0.1, 0.15) is 22.8 Å². The minimum Gasteiger partial charge on any atom is -0.387 e. The van der Waals surface area contributed by atoms with Crippen LogP contribution < -0.4 is 5.32 Å². The monoisotopic (exact) mass is 335 g/mol. The van der Waals surface area contributed by atoms with Crippen LogP contribution in [0.25, 0.3) is 10.9 Å². The molecule has 3 N–H and O–H groups in total. The molecule has 126 valence electrons. The molecule has 1 unspecified atom stereocenters. The summed E-state index contributed by atoms with van der Waals surface area (Å²) in [6, 6.07) is 10.5. The zero-order valence-corrected chi connectivity index (χ0v) is 12.6. The lowest BCUT2D eigenvalue weighted by atomic mass is 10.1. The second-order valence-corrected chi connectivity index (χ2v) is 5.52. The van der Waals surface area contributed by atoms with E-state index < -0.39 is 17.8 Å². The molecule has 0 bridgehead atoms. The Bertz CT molecular complexity index is 829. The van der Waals surface area contributed by atoms with Crippen molar-refractivity contribution in [2.24, 2.45) is 0 Å². The summed E-state index contributed by atoms with van der Waals surface area (Å²) in [5, 5.41) is 21.0. The lowest BCUT2D eigenvalue weighted by molar-refractivity contribution is -0.137. The molecule has 24 heavy (non-hydrogen) atoms. The van der Waals surface area contributed by atoms with Gasteiger partial charge >= 0.3 is 6.18 Å². The maximum absolute atomic E-state index is 12.7. The second kappa shape index (κ2) is 6.62. The number of aromatic nitrogens is 2. The first-order valence-corrected chi connectivity index (χ1v) is 7.42. The van der Waals surface area contributed by atoms with Gasteiger partial charge < -0.3 is 10.4 Å². The number of hydrogen-bond acceptors (Lipinski definition) is 3. The number of nitrogens with one attached hydrogen (secondary N) is 2. The molecule has 0 saturated heterocycles. The Morgan fingerprint density at radius 2 is 1.96 bits per heavy atom. The lowest BCUT2D eigenvalue weighted by Gasteiger charge is -2.14. The molecule has 0 aliphatic carbocycles. The summed E-state index contributed by atoms with van der Waals surface area (Å²) in [7, 11) is 0. The standard InChI is InChI=1S/C17H16F3N3O/c18-17(19,20)14-6-2-3-11(7-14)15(24)10-21-8-12-4-1-5-13-9-22-23-16(12)13/h1-7,9,15,21,24H,8,10H2,(H,22,23). The van der Waals surface area contributed by atoms with Crippen LogP contribution >= 0.6 is 0 Å². The summed E-state index contributed by atoms with van der Waals surface area (Å²) in [6.45, 7) is 0.612. The molecular formula is C17H16F3N3O. The highest BCUT2D eigenvalue weighted by molar-refractivity contribution is 5.81. The summed E-state index contributed by atoms with van der Waals surface area (Å²) in [5.74, 6) is 0. The maximum Gasteiger partial charge on any atom is 0.416 e. The van der Waals surface area contributed by atoms with E-state index in [-0.39, 0.29) is 12.1 Å². The second-order valence-electron chi connectivity index (χ2n) is 5.52. The molecule has 1 heterocycles. The number of fused-ring (bicyclic) bond motifs is 1. The van der Waals surface area contributed by atoms with Gasteiger partial charge in [-0.1, -0.05) is 30.3 Å². The van der Waals surface area contributed by atoms with E-state index in [2.05, 4.69) is 15.5 Å². The number of H-pyrrole nitrogens is 1. The molecule has 3 aromatic rings. The minimum atomic E-state index is -4.42. The first-order valence-electron chi connectivity index (χ1n) is 7.42. The molecule has 3 rings (SSSR count). The molecule has 2 aromatic carbocycles. The lowest BCUT2D eigenvalue weighted by Crippen LogP contribution is -2.21. The van der Waals surface area contributed by atoms with Crippen LogP contribution in [-0.4, -0.2) is 21.8 Å². The first-order chi connectivity index (χ1) is 11.4. The number of benzene rings is 2. The highest BCUT2D eigenvalue weighted by Gasteiger charge is 2.30. The number of alkyl halides is 3. The molecule has 0 aliphatic heterocycles. The number of hydrogen-bond donors (Lipinski definition) is 3. The van der Waals surface area contributed by atoms with Gasteiger partial charge in [0.25, 0.3) is 0 Å². The number of aromatic amines is 1. The van der Waals surface area contributed by atoms with Crippen molar-refractivity contribution in [1.82, 2.24) is 15.5 Å². The Kier molecular flexibility index (Phi) is 4.55. The quantitative estimate of drug-likeness (QED) is 0.670. The van der Waals surface area contributed by atoms with Gasteiger partial charge in [-0.15, -0.1) is 0 Å². The highest BCUT2D eigenvalue weighted by Crippen LogP contribution is 2.30. The van der Waals surface area contributed by atoms with Crippen molar-refractivity contribution >= 4 is 10.9 Å². The zero-order valence-electron chi connectivity index (χ0n) is 12.6. The average Bonchev–Trinajstić information content (AvgIpc) is 3.03. The van der Waals surface area contributed by atoms with Gasteiger partial charge in [-0.05, 0) is 23.3 Å². The van der Waals surface area contributed by atoms with E-state index >= 15 is 0 Å². The predicted octanol–water partition coefficient (Wildman–Crippen LogP) is 3.40. The van der Waals surface area contributed by atoms with E-state index in [1.807, 2.05) is 18.2 Å². The van der Waals surface area contributed by atoms with E-state index in [4.69, 9.17) is 0 Å². The molecule has 7 heteroatoms. The summed E-state index contributed by atoms with van der Waals surface area (Å²) in [4.78, 5) is 0. The maximum atomic E-state index is 12.7. The number of nitrogens with zero attached hydrogens (tertiary/aromatic N) is 1. The molecule has 0 aliphatic rings. The third-order valence-corrected chi connectivity index (χ3v) is 3.81. The molecule has 1 atom stereocenters. The molecule has 0 spiro atoms. The normalized spacial score (nSPS) is 13.3. The average molecular weight is 335 g/mol. The van der Waals surface area contributed by atoms with Crippen molar-refractivity contribution in [3.05, 3.63) is 65.4 Å². The smallest absolute Gasteiger partial charge is 0.387 e. The van der Waals surface area contributed by atoms with Crippen LogP contribution in [-0.2, 0) is 12.7 Å². The number of para-hydroxylation sites is 1. The van der Waals surface area contributed by atoms with Crippen LogP contribution in [0.2, 0.25) is 0 Å². The summed E-state index contributed by atoms with van der Waals surface area (Å²) >= 11 is 0. The fourth-order valence-electron chi connectivity index (χ4n) is 2.56. The van der Waals surface area contributed by atoms with Crippen molar-refractivity contribution in [3.8, 4) is 0 Å². The highest BCUT2D eigenvalue weighted by atomic mass is 19.4. The Labute approximate surface area is 136 Å². The number of halogens is 3. The van der Waals surface area contributed by atoms with Gasteiger partial charge in [0.05, 0.1) is 23.4 Å². The van der Waals surface area contributed by atoms with E-state index in [9.17, 15) is 18.3 Å². The van der Waals surface area contributed by atoms with Crippen LogP contribution in [0.5, 0.6) is 0 Å². The molecule has 4 nitrogen and oxygen atoms in total. The molecular weight excluding hydrogens is 319 g/mol. The number of aliphatic hydroxyl groups excluding tert-OH is 1. The van der Waals surface area contributed by atoms with Gasteiger partial charge in [0.2, 0.25) is 0 Å². The van der Waals surface area contributed by atoms with Gasteiger partial charge in [0.15, 0.2) is 0 Å². The summed E-state index contributed by atoms with van der Waals surface area (Å²) in [5.41, 5.74) is 1.35. The largest absolute Gasteiger partial charge is 0.416 e. The number of aliphatic hydroxyl groups is 1. The van der Waals surface area contributed by atoms with Crippen molar-refractivity contribution in [2.75, 3.05) is 6.54 Å². The molecule has 0 fully saturated rings. The van der Waals surface area contributed by atoms with Crippen LogP contribution in [0.4, 0.5) is 13.2 Å². The van der Waals surface area contributed by atoms with Crippen molar-refractivity contribution in [3.63, 3.8) is 0 Å². The van der Waals surface area contributed by atoms with Crippen LogP contribution in [0.3, 0.4) is 0 Å². The fraction of sp³-hybridized carbons (Fsp3) is 0.235. The van der Waals surface area contributed by atoms with Crippen LogP contribution in [0.15, 0.2) is 48.7 Å². The first kappa shape index (κ1) is 16.5. The molecule has 0 amide bonds. The van der Waals surface area contributed by atoms with Crippen LogP contribution in [0, 0.1) is 0 Å². The van der Waals surface area contributed by atoms with Crippen molar-refractivity contribution in [2.45, 2.75) is 18.8 Å². The Hall–Kier alpha value is -2.38. The third kappa shape index (κ3) is 3.58. The minimum absolute atomic E-state index is 0.145. The molecule has 0 radical (unpaired) electrons. The fourth-order valence-corrected chi connectivity index (χ4v) is 2.56. The van der Waals surface area contributed by atoms with E-state index in [1.54, 1.807) is 6.20 Å². The van der Waals surface area contributed by atoms with Gasteiger partial charge in [-0.25, -0.2) is 0 Å². The topological polar surface area (TPSA) is 60.9 Å². The molecule has 0 saturated carbocycles. The molecule has 1 aromatic heterocycles. The van der Waals surface area contributed by atoms with Gasteiger partial charge in [-0.3, -0.25) is 5.10 Å². The van der Waals surface area contributed by atoms with Gasteiger partial charge in [0.1, 0.15) is 0 Å². The van der Waals surface area contributed by atoms with Gasteiger partial charge in [0, 0.05) is 18.5 Å². The Balaban J connectivity index is 1.64. The summed E-state index contributed by atoms with van der Waals surface area (Å²) < 4.78 is 38.1. The van der Waals surface area contributed by atoms with Crippen molar-refractivity contribution in [1.29, 1.82) is 0 Å². The SMILES string of the molecule is OC(CNCc1cccc2cn[nH]c12)c1cccc(C(F)(F)F)c1. The van der Waals surface area contributed by atoms with E-state index in [0.29, 0.717) is 6.54 Å². The third-order valence-electron chi connectivity index (χ3n) is 3.81. The Morgan fingerprint density at radius 1 is 1.17 bits per heavy atom. The predicted molar refractivity (Wildman–Crippen MR) is 84.2 cm³/mol. The zero-order chi connectivity index (χ0) is 17.2. The van der Waals surface area contributed by atoms with Gasteiger partial charge in [-0.2, -0.15) is 18.3 Å². The summed E-state index contributed by atoms with van der Waals surface area (Å²) in [6.07, 6.45) is -3.72.